The van der Waals surface area contributed by atoms with Crippen molar-refractivity contribution >= 4 is 39.8 Å². The molecule has 0 aliphatic rings. The third-order valence-corrected chi connectivity index (χ3v) is 4.25. The van der Waals surface area contributed by atoms with Crippen LogP contribution < -0.4 is 10.7 Å². The number of esters is 1. The smallest absolute Gasteiger partial charge is 0.340 e. The summed E-state index contributed by atoms with van der Waals surface area (Å²) in [6.45, 7) is 1.92. The predicted molar refractivity (Wildman–Crippen MR) is 111 cm³/mol. The van der Waals surface area contributed by atoms with Crippen LogP contribution in [0.4, 0.5) is 5.69 Å². The average Bonchev–Trinajstić information content (AvgIpc) is 2.74. The Kier molecular flexibility index (Phi) is 5.03. The highest BCUT2D eigenvalue weighted by molar-refractivity contribution is 5.98. The maximum absolute atomic E-state index is 12.8. The van der Waals surface area contributed by atoms with E-state index in [9.17, 15) is 9.59 Å². The standard InChI is InChI=1S/C22H17N3O4/c1-2-28-22(27)16-12-17-20(26)15-7-3-4-8-19(15)29-21(17)25-18(16)9-11-24-14-6-5-10-23-13-14/h3-13,24H,2H2,1H3. The number of aromatic nitrogens is 2. The number of carbonyl (C=O) groups excluding carboxylic acids is 1. The Morgan fingerprint density at radius 3 is 2.86 bits per heavy atom. The van der Waals surface area contributed by atoms with Crippen molar-refractivity contribution in [2.45, 2.75) is 6.92 Å². The van der Waals surface area contributed by atoms with E-state index in [-0.39, 0.29) is 28.7 Å². The van der Waals surface area contributed by atoms with Crippen LogP contribution in [-0.4, -0.2) is 22.5 Å². The summed E-state index contributed by atoms with van der Waals surface area (Å²) < 4.78 is 10.9. The van der Waals surface area contributed by atoms with E-state index in [1.165, 1.54) is 6.07 Å². The molecule has 4 rings (SSSR count). The Bertz CT molecular complexity index is 1280. The number of pyridine rings is 2. The van der Waals surface area contributed by atoms with E-state index < -0.39 is 5.97 Å². The van der Waals surface area contributed by atoms with Gasteiger partial charge in [-0.1, -0.05) is 12.1 Å². The molecule has 0 spiro atoms. The topological polar surface area (TPSA) is 94.3 Å². The molecule has 0 radical (unpaired) electrons. The van der Waals surface area contributed by atoms with Crippen molar-refractivity contribution in [3.05, 3.63) is 82.5 Å². The molecular formula is C22H17N3O4. The van der Waals surface area contributed by atoms with Crippen LogP contribution in [-0.2, 0) is 4.74 Å². The first-order chi connectivity index (χ1) is 14.2. The van der Waals surface area contributed by atoms with Gasteiger partial charge < -0.3 is 14.5 Å². The molecule has 1 aromatic carbocycles. The fourth-order valence-electron chi connectivity index (χ4n) is 2.91. The fourth-order valence-corrected chi connectivity index (χ4v) is 2.91. The molecule has 7 heteroatoms. The van der Waals surface area contributed by atoms with E-state index in [2.05, 4.69) is 15.3 Å². The van der Waals surface area contributed by atoms with Gasteiger partial charge in [0.05, 0.1) is 40.5 Å². The molecule has 0 aliphatic heterocycles. The molecule has 3 aromatic heterocycles. The zero-order valence-corrected chi connectivity index (χ0v) is 15.6. The minimum absolute atomic E-state index is 0.155. The second kappa shape index (κ2) is 7.93. The molecule has 0 saturated carbocycles. The van der Waals surface area contributed by atoms with Gasteiger partial charge in [0, 0.05) is 12.4 Å². The summed E-state index contributed by atoms with van der Waals surface area (Å²) in [5.41, 5.74) is 1.63. The van der Waals surface area contributed by atoms with Gasteiger partial charge in [-0.25, -0.2) is 9.78 Å². The number of ether oxygens (including phenoxy) is 1. The monoisotopic (exact) mass is 387 g/mol. The van der Waals surface area contributed by atoms with E-state index in [4.69, 9.17) is 9.15 Å². The zero-order chi connectivity index (χ0) is 20.2. The second-order valence-corrected chi connectivity index (χ2v) is 6.14. The minimum atomic E-state index is -0.560. The number of rotatable bonds is 5. The van der Waals surface area contributed by atoms with Crippen molar-refractivity contribution < 1.29 is 13.9 Å². The van der Waals surface area contributed by atoms with Gasteiger partial charge in [0.25, 0.3) is 0 Å². The molecule has 0 bridgehead atoms. The van der Waals surface area contributed by atoms with Crippen molar-refractivity contribution in [2.75, 3.05) is 11.9 Å². The van der Waals surface area contributed by atoms with Crippen LogP contribution in [0.3, 0.4) is 0 Å². The van der Waals surface area contributed by atoms with Crippen LogP contribution >= 0.6 is 0 Å². The summed E-state index contributed by atoms with van der Waals surface area (Å²) >= 11 is 0. The summed E-state index contributed by atoms with van der Waals surface area (Å²) in [7, 11) is 0. The highest BCUT2D eigenvalue weighted by Crippen LogP contribution is 2.21. The van der Waals surface area contributed by atoms with Gasteiger partial charge >= 0.3 is 5.97 Å². The number of fused-ring (bicyclic) bond motifs is 2. The van der Waals surface area contributed by atoms with Gasteiger partial charge in [0.15, 0.2) is 0 Å². The molecule has 3 heterocycles. The highest BCUT2D eigenvalue weighted by Gasteiger charge is 2.17. The zero-order valence-electron chi connectivity index (χ0n) is 15.6. The van der Waals surface area contributed by atoms with Gasteiger partial charge in [0.2, 0.25) is 11.1 Å². The van der Waals surface area contributed by atoms with E-state index in [0.717, 1.165) is 5.69 Å². The lowest BCUT2D eigenvalue weighted by molar-refractivity contribution is 0.0526. The van der Waals surface area contributed by atoms with Crippen molar-refractivity contribution in [3.8, 4) is 0 Å². The SMILES string of the molecule is CCOC(=O)c1cc2c(=O)c3ccccc3oc2nc1C=CNc1cccnc1. The van der Waals surface area contributed by atoms with E-state index in [1.54, 1.807) is 61.9 Å². The molecule has 29 heavy (non-hydrogen) atoms. The lowest BCUT2D eigenvalue weighted by Gasteiger charge is -2.08. The van der Waals surface area contributed by atoms with Crippen LogP contribution in [0.1, 0.15) is 23.0 Å². The molecule has 0 saturated heterocycles. The number of nitrogens with zero attached hydrogens (tertiary/aromatic N) is 2. The quantitative estimate of drug-likeness (QED) is 0.409. The van der Waals surface area contributed by atoms with Crippen LogP contribution in [0, 0.1) is 0 Å². The molecule has 0 atom stereocenters. The molecule has 1 N–H and O–H groups in total. The van der Waals surface area contributed by atoms with Gasteiger partial charge in [-0.2, -0.15) is 0 Å². The Morgan fingerprint density at radius 2 is 2.07 bits per heavy atom. The molecule has 0 fully saturated rings. The largest absolute Gasteiger partial charge is 0.462 e. The van der Waals surface area contributed by atoms with Gasteiger partial charge in [-0.3, -0.25) is 9.78 Å². The molecule has 7 nitrogen and oxygen atoms in total. The average molecular weight is 387 g/mol. The number of hydrogen-bond donors (Lipinski definition) is 1. The van der Waals surface area contributed by atoms with Crippen molar-refractivity contribution in [2.24, 2.45) is 0 Å². The molecule has 0 aliphatic carbocycles. The summed E-state index contributed by atoms with van der Waals surface area (Å²) in [5.74, 6) is -0.560. The summed E-state index contributed by atoms with van der Waals surface area (Å²) in [6.07, 6.45) is 6.58. The molecule has 0 unspecified atom stereocenters. The predicted octanol–water partition coefficient (Wildman–Crippen LogP) is 4.00. The summed E-state index contributed by atoms with van der Waals surface area (Å²) in [4.78, 5) is 33.7. The molecule has 4 aromatic rings. The molecule has 0 amide bonds. The Morgan fingerprint density at radius 1 is 1.21 bits per heavy atom. The number of hydrogen-bond acceptors (Lipinski definition) is 7. The van der Waals surface area contributed by atoms with Crippen LogP contribution in [0.15, 0.2) is 70.3 Å². The first-order valence-corrected chi connectivity index (χ1v) is 9.04. The lowest BCUT2D eigenvalue weighted by Crippen LogP contribution is -2.11. The van der Waals surface area contributed by atoms with E-state index in [0.29, 0.717) is 16.7 Å². The van der Waals surface area contributed by atoms with Crippen LogP contribution in [0.5, 0.6) is 0 Å². The number of carbonyl (C=O) groups is 1. The third kappa shape index (κ3) is 3.70. The fraction of sp³-hybridized carbons (Fsp3) is 0.0909. The first kappa shape index (κ1) is 18.4. The number of benzene rings is 1. The van der Waals surface area contributed by atoms with Gasteiger partial charge in [-0.05, 0) is 43.3 Å². The van der Waals surface area contributed by atoms with E-state index >= 15 is 0 Å². The summed E-state index contributed by atoms with van der Waals surface area (Å²) in [6, 6.07) is 12.0. The van der Waals surface area contributed by atoms with Crippen molar-refractivity contribution in [1.29, 1.82) is 0 Å². The molecular weight excluding hydrogens is 370 g/mol. The first-order valence-electron chi connectivity index (χ1n) is 9.04. The number of para-hydroxylation sites is 1. The Labute approximate surface area is 165 Å². The minimum Gasteiger partial charge on any atom is -0.462 e. The van der Waals surface area contributed by atoms with Gasteiger partial charge in [-0.15, -0.1) is 0 Å². The third-order valence-electron chi connectivity index (χ3n) is 4.25. The maximum atomic E-state index is 12.8. The van der Waals surface area contributed by atoms with Crippen LogP contribution in [0.25, 0.3) is 28.1 Å². The Balaban J connectivity index is 1.84. The lowest BCUT2D eigenvalue weighted by atomic mass is 10.1. The van der Waals surface area contributed by atoms with Crippen molar-refractivity contribution in [3.63, 3.8) is 0 Å². The molecule has 144 valence electrons. The summed E-state index contributed by atoms with van der Waals surface area (Å²) in [5, 5.41) is 3.71. The maximum Gasteiger partial charge on any atom is 0.340 e. The van der Waals surface area contributed by atoms with Gasteiger partial charge in [0.1, 0.15) is 5.58 Å². The normalized spacial score (nSPS) is 11.2. The van der Waals surface area contributed by atoms with Crippen LogP contribution in [0.2, 0.25) is 0 Å². The second-order valence-electron chi connectivity index (χ2n) is 6.14. The Hall–Kier alpha value is -4.00. The van der Waals surface area contributed by atoms with E-state index in [1.807, 2.05) is 6.07 Å². The van der Waals surface area contributed by atoms with Crippen molar-refractivity contribution in [1.82, 2.24) is 9.97 Å². The number of nitrogens with one attached hydrogen (secondary N) is 1. The highest BCUT2D eigenvalue weighted by atomic mass is 16.5. The number of anilines is 1.